The number of H-pyrrole nitrogens is 1. The molecule has 1 heterocycles. The first-order chi connectivity index (χ1) is 9.15. The van der Waals surface area contributed by atoms with E-state index >= 15 is 0 Å². The molecule has 2 rings (SSSR count). The smallest absolute Gasteiger partial charge is 0.244 e. The largest absolute Gasteiger partial charge is 0.346 e. The maximum Gasteiger partial charge on any atom is 0.244 e. The lowest BCUT2D eigenvalue weighted by Crippen LogP contribution is -2.24. The number of carbonyl (C=O) groups excluding carboxylic acids is 1. The molecule has 2 N–H and O–H groups in total. The van der Waals surface area contributed by atoms with E-state index in [0.29, 0.717) is 0 Å². The molecule has 0 aliphatic rings. The van der Waals surface area contributed by atoms with Gasteiger partial charge >= 0.3 is 0 Å². The highest BCUT2D eigenvalue weighted by Gasteiger charge is 2.07. The summed E-state index contributed by atoms with van der Waals surface area (Å²) >= 11 is 3.39. The Balaban J connectivity index is 1.94. The highest BCUT2D eigenvalue weighted by Crippen LogP contribution is 2.13. The molecule has 19 heavy (non-hydrogen) atoms. The van der Waals surface area contributed by atoms with Crippen molar-refractivity contribution in [2.45, 2.75) is 13.0 Å². The normalized spacial score (nSPS) is 12.5. The van der Waals surface area contributed by atoms with Crippen molar-refractivity contribution < 1.29 is 4.79 Å². The highest BCUT2D eigenvalue weighted by atomic mass is 79.9. The zero-order valence-corrected chi connectivity index (χ0v) is 12.0. The summed E-state index contributed by atoms with van der Waals surface area (Å²) in [4.78, 5) is 11.8. The molecule has 1 aromatic heterocycles. The third kappa shape index (κ3) is 4.06. The first kappa shape index (κ1) is 13.5. The van der Waals surface area contributed by atoms with E-state index in [9.17, 15) is 4.79 Å². The average molecular weight is 320 g/mol. The van der Waals surface area contributed by atoms with Gasteiger partial charge in [0.25, 0.3) is 0 Å². The number of amides is 1. The van der Waals surface area contributed by atoms with E-state index in [0.717, 1.165) is 15.6 Å². The van der Waals surface area contributed by atoms with Gasteiger partial charge in [0.15, 0.2) is 0 Å². The van der Waals surface area contributed by atoms with Crippen molar-refractivity contribution in [1.29, 1.82) is 0 Å². The van der Waals surface area contributed by atoms with E-state index in [2.05, 4.69) is 31.4 Å². The van der Waals surface area contributed by atoms with Crippen LogP contribution in [0, 0.1) is 0 Å². The Morgan fingerprint density at radius 2 is 2.37 bits per heavy atom. The molecule has 4 nitrogen and oxygen atoms in total. The Hall–Kier alpha value is -1.88. The summed E-state index contributed by atoms with van der Waals surface area (Å²) in [6.07, 6.45) is 6.77. The Kier molecular flexibility index (Phi) is 4.52. The Labute approximate surface area is 120 Å². The van der Waals surface area contributed by atoms with Crippen molar-refractivity contribution in [1.82, 2.24) is 15.5 Å². The molecule has 1 amide bonds. The van der Waals surface area contributed by atoms with Crippen LogP contribution >= 0.6 is 15.9 Å². The molecule has 0 bridgehead atoms. The number of rotatable bonds is 4. The van der Waals surface area contributed by atoms with E-state index in [1.54, 1.807) is 18.5 Å². The Bertz CT molecular complexity index is 578. The van der Waals surface area contributed by atoms with Crippen LogP contribution in [-0.4, -0.2) is 16.1 Å². The summed E-state index contributed by atoms with van der Waals surface area (Å²) in [5.74, 6) is -0.131. The molecule has 0 saturated heterocycles. The number of hydrogen-bond acceptors (Lipinski definition) is 2. The number of halogens is 1. The van der Waals surface area contributed by atoms with Gasteiger partial charge in [-0.2, -0.15) is 5.10 Å². The zero-order valence-electron chi connectivity index (χ0n) is 10.4. The second kappa shape index (κ2) is 6.33. The Morgan fingerprint density at radius 1 is 1.53 bits per heavy atom. The quantitative estimate of drug-likeness (QED) is 0.851. The van der Waals surface area contributed by atoms with Gasteiger partial charge < -0.3 is 5.32 Å². The van der Waals surface area contributed by atoms with E-state index < -0.39 is 0 Å². The van der Waals surface area contributed by atoms with Gasteiger partial charge in [-0.05, 0) is 30.7 Å². The predicted octanol–water partition coefficient (Wildman–Crippen LogP) is 3.06. The van der Waals surface area contributed by atoms with Crippen molar-refractivity contribution in [2.24, 2.45) is 0 Å². The average Bonchev–Trinajstić information content (AvgIpc) is 2.90. The number of hydrogen-bond donors (Lipinski definition) is 2. The molecule has 5 heteroatoms. The summed E-state index contributed by atoms with van der Waals surface area (Å²) < 4.78 is 0.988. The second-order valence-electron chi connectivity index (χ2n) is 4.15. The van der Waals surface area contributed by atoms with Gasteiger partial charge in [-0.15, -0.1) is 0 Å². The maximum atomic E-state index is 11.8. The van der Waals surface area contributed by atoms with Gasteiger partial charge in [0.05, 0.1) is 12.2 Å². The number of aromatic nitrogens is 2. The number of aromatic amines is 1. The highest BCUT2D eigenvalue weighted by molar-refractivity contribution is 9.10. The molecular formula is C14H14BrN3O. The summed E-state index contributed by atoms with van der Waals surface area (Å²) in [6.45, 7) is 1.91. The van der Waals surface area contributed by atoms with Gasteiger partial charge in [0.2, 0.25) is 5.91 Å². The van der Waals surface area contributed by atoms with Crippen LogP contribution in [0.4, 0.5) is 0 Å². The molecule has 0 aliphatic heterocycles. The second-order valence-corrected chi connectivity index (χ2v) is 5.07. The minimum absolute atomic E-state index is 0.0709. The van der Waals surface area contributed by atoms with Crippen LogP contribution < -0.4 is 5.32 Å². The van der Waals surface area contributed by atoms with Gasteiger partial charge in [-0.25, -0.2) is 0 Å². The standard InChI is InChI=1S/C14H14BrN3O/c1-10(12-8-16-17-9-12)18-14(19)6-5-11-3-2-4-13(15)7-11/h2-10H,1H3,(H,16,17)(H,18,19)/b6-5+. The van der Waals surface area contributed by atoms with E-state index in [-0.39, 0.29) is 11.9 Å². The van der Waals surface area contributed by atoms with E-state index in [1.807, 2.05) is 31.2 Å². The monoisotopic (exact) mass is 319 g/mol. The Morgan fingerprint density at radius 3 is 3.05 bits per heavy atom. The number of nitrogens with one attached hydrogen (secondary N) is 2. The molecular weight excluding hydrogens is 306 g/mol. The van der Waals surface area contributed by atoms with Crippen molar-refractivity contribution in [3.05, 3.63) is 58.3 Å². The fourth-order valence-electron chi connectivity index (χ4n) is 1.62. The van der Waals surface area contributed by atoms with Crippen molar-refractivity contribution in [2.75, 3.05) is 0 Å². The van der Waals surface area contributed by atoms with E-state index in [4.69, 9.17) is 0 Å². The van der Waals surface area contributed by atoms with Crippen LogP contribution in [0.15, 0.2) is 47.2 Å². The predicted molar refractivity (Wildman–Crippen MR) is 78.3 cm³/mol. The van der Waals surface area contributed by atoms with Crippen LogP contribution in [-0.2, 0) is 4.79 Å². The van der Waals surface area contributed by atoms with Crippen molar-refractivity contribution in [3.63, 3.8) is 0 Å². The van der Waals surface area contributed by atoms with Gasteiger partial charge in [-0.1, -0.05) is 28.1 Å². The third-order valence-electron chi connectivity index (χ3n) is 2.65. The SMILES string of the molecule is CC(NC(=O)/C=C/c1cccc(Br)c1)c1cn[nH]c1. The molecule has 1 atom stereocenters. The fourth-order valence-corrected chi connectivity index (χ4v) is 2.04. The van der Waals surface area contributed by atoms with Gasteiger partial charge in [-0.3, -0.25) is 9.89 Å². The first-order valence-electron chi connectivity index (χ1n) is 5.88. The van der Waals surface area contributed by atoms with Crippen molar-refractivity contribution >= 4 is 27.9 Å². The molecule has 0 aliphatic carbocycles. The molecule has 0 saturated carbocycles. The summed E-state index contributed by atoms with van der Waals surface area (Å²) in [6, 6.07) is 7.68. The third-order valence-corrected chi connectivity index (χ3v) is 3.15. The molecule has 0 radical (unpaired) electrons. The lowest BCUT2D eigenvalue weighted by Gasteiger charge is -2.09. The molecule has 1 unspecified atom stereocenters. The van der Waals surface area contributed by atoms with Crippen LogP contribution in [0.3, 0.4) is 0 Å². The summed E-state index contributed by atoms with van der Waals surface area (Å²) in [7, 11) is 0. The summed E-state index contributed by atoms with van der Waals surface area (Å²) in [5.41, 5.74) is 1.92. The molecule has 1 aromatic carbocycles. The lowest BCUT2D eigenvalue weighted by atomic mass is 10.2. The van der Waals surface area contributed by atoms with Gasteiger partial charge in [0, 0.05) is 22.3 Å². The van der Waals surface area contributed by atoms with Crippen LogP contribution in [0.25, 0.3) is 6.08 Å². The zero-order chi connectivity index (χ0) is 13.7. The number of nitrogens with zero attached hydrogens (tertiary/aromatic N) is 1. The molecule has 0 fully saturated rings. The number of benzene rings is 1. The molecule has 98 valence electrons. The topological polar surface area (TPSA) is 57.8 Å². The van der Waals surface area contributed by atoms with Crippen LogP contribution in [0.5, 0.6) is 0 Å². The lowest BCUT2D eigenvalue weighted by molar-refractivity contribution is -0.117. The first-order valence-corrected chi connectivity index (χ1v) is 6.67. The van der Waals surface area contributed by atoms with Gasteiger partial charge in [0.1, 0.15) is 0 Å². The van der Waals surface area contributed by atoms with E-state index in [1.165, 1.54) is 6.08 Å². The minimum atomic E-state index is -0.131. The number of carbonyl (C=O) groups is 1. The molecule has 0 spiro atoms. The maximum absolute atomic E-state index is 11.8. The van der Waals surface area contributed by atoms with Crippen molar-refractivity contribution in [3.8, 4) is 0 Å². The summed E-state index contributed by atoms with van der Waals surface area (Å²) in [5, 5.41) is 9.45. The molecule has 2 aromatic rings. The fraction of sp³-hybridized carbons (Fsp3) is 0.143. The van der Waals surface area contributed by atoms with Crippen LogP contribution in [0.2, 0.25) is 0 Å². The van der Waals surface area contributed by atoms with Crippen LogP contribution in [0.1, 0.15) is 24.1 Å². The minimum Gasteiger partial charge on any atom is -0.346 e.